The number of aliphatic hydroxyl groups is 1. The van der Waals surface area contributed by atoms with Crippen LogP contribution < -0.4 is 5.32 Å². The number of aromatic nitrogens is 1. The normalized spacial score (nSPS) is 15.0. The monoisotopic (exact) mass is 362 g/mol. The number of nitrogens with one attached hydrogen (secondary N) is 1. The van der Waals surface area contributed by atoms with Gasteiger partial charge in [-0.1, -0.05) is 17.7 Å². The van der Waals surface area contributed by atoms with Crippen LogP contribution in [0.3, 0.4) is 0 Å². The number of aliphatic hydroxyl groups excluding tert-OH is 1. The molecule has 0 aliphatic heterocycles. The van der Waals surface area contributed by atoms with Gasteiger partial charge in [-0.25, -0.2) is 0 Å². The van der Waals surface area contributed by atoms with Crippen molar-refractivity contribution in [3.8, 4) is 0 Å². The summed E-state index contributed by atoms with van der Waals surface area (Å²) in [7, 11) is 0. The molecule has 0 bridgehead atoms. The van der Waals surface area contributed by atoms with Crippen LogP contribution in [0.15, 0.2) is 36.4 Å². The Balaban J connectivity index is 1.55. The molecule has 3 heteroatoms. The standard InChI is InChI=1S/C24H30N2O/c1-16-8-11-24-22(12-16)21-6-4-5-7-23(21)26(24)15-20(27)14-25-19-10-9-17(2)18(3)13-19/h8-13,20,25,27H,4-7,14-15H2,1-3H3/t20-/m1/s1. The quantitative estimate of drug-likeness (QED) is 0.676. The predicted molar refractivity (Wildman–Crippen MR) is 114 cm³/mol. The van der Waals surface area contributed by atoms with E-state index in [1.54, 1.807) is 0 Å². The smallest absolute Gasteiger partial charge is 0.0891 e. The molecule has 0 saturated carbocycles. The highest BCUT2D eigenvalue weighted by atomic mass is 16.3. The summed E-state index contributed by atoms with van der Waals surface area (Å²) in [6.07, 6.45) is 4.39. The lowest BCUT2D eigenvalue weighted by Gasteiger charge is -2.19. The van der Waals surface area contributed by atoms with E-state index >= 15 is 0 Å². The van der Waals surface area contributed by atoms with E-state index in [1.165, 1.54) is 58.1 Å². The van der Waals surface area contributed by atoms with Gasteiger partial charge in [-0.05, 0) is 87.4 Å². The zero-order valence-corrected chi connectivity index (χ0v) is 16.7. The lowest BCUT2D eigenvalue weighted by atomic mass is 9.95. The van der Waals surface area contributed by atoms with Crippen LogP contribution in [0.25, 0.3) is 10.9 Å². The molecule has 2 N–H and O–H groups in total. The van der Waals surface area contributed by atoms with E-state index in [1.807, 2.05) is 0 Å². The SMILES string of the molecule is Cc1ccc2c(c1)c1c(n2C[C@H](O)CNc2ccc(C)c(C)c2)CCCC1. The average molecular weight is 363 g/mol. The molecule has 0 saturated heterocycles. The first-order valence-corrected chi connectivity index (χ1v) is 10.1. The Kier molecular flexibility index (Phi) is 4.96. The van der Waals surface area contributed by atoms with Gasteiger partial charge in [-0.15, -0.1) is 0 Å². The van der Waals surface area contributed by atoms with Crippen LogP contribution in [-0.4, -0.2) is 22.3 Å². The number of hydrogen-bond donors (Lipinski definition) is 2. The summed E-state index contributed by atoms with van der Waals surface area (Å²) in [6.45, 7) is 7.61. The number of benzene rings is 2. The summed E-state index contributed by atoms with van der Waals surface area (Å²) in [5.41, 5.74) is 9.17. The van der Waals surface area contributed by atoms with Gasteiger partial charge < -0.3 is 15.0 Å². The number of nitrogens with zero attached hydrogens (tertiary/aromatic N) is 1. The number of aryl methyl sites for hydroxylation is 4. The maximum absolute atomic E-state index is 10.7. The molecule has 142 valence electrons. The van der Waals surface area contributed by atoms with Crippen molar-refractivity contribution < 1.29 is 5.11 Å². The molecule has 0 radical (unpaired) electrons. The molecule has 0 fully saturated rings. The summed E-state index contributed by atoms with van der Waals surface area (Å²) in [6, 6.07) is 13.1. The van der Waals surface area contributed by atoms with Crippen molar-refractivity contribution in [1.82, 2.24) is 4.57 Å². The lowest BCUT2D eigenvalue weighted by molar-refractivity contribution is 0.167. The Morgan fingerprint density at radius 3 is 2.63 bits per heavy atom. The van der Waals surface area contributed by atoms with Crippen LogP contribution in [0.5, 0.6) is 0 Å². The minimum Gasteiger partial charge on any atom is -0.389 e. The predicted octanol–water partition coefficient (Wildman–Crippen LogP) is 4.92. The number of hydrogen-bond acceptors (Lipinski definition) is 2. The molecule has 1 atom stereocenters. The van der Waals surface area contributed by atoms with Gasteiger partial charge in [0, 0.05) is 28.8 Å². The van der Waals surface area contributed by atoms with Crippen molar-refractivity contribution in [3.05, 3.63) is 64.3 Å². The molecular weight excluding hydrogens is 332 g/mol. The molecule has 0 spiro atoms. The van der Waals surface area contributed by atoms with Gasteiger partial charge in [0.2, 0.25) is 0 Å². The molecule has 1 aromatic heterocycles. The van der Waals surface area contributed by atoms with Crippen LogP contribution in [0, 0.1) is 20.8 Å². The first kappa shape index (κ1) is 18.1. The Bertz CT molecular complexity index is 970. The first-order valence-electron chi connectivity index (χ1n) is 10.1. The Morgan fingerprint density at radius 2 is 1.81 bits per heavy atom. The van der Waals surface area contributed by atoms with E-state index < -0.39 is 6.10 Å². The Morgan fingerprint density at radius 1 is 1.00 bits per heavy atom. The van der Waals surface area contributed by atoms with E-state index in [-0.39, 0.29) is 0 Å². The molecule has 1 aliphatic carbocycles. The second-order valence-corrected chi connectivity index (χ2v) is 8.10. The number of fused-ring (bicyclic) bond motifs is 3. The van der Waals surface area contributed by atoms with E-state index in [0.29, 0.717) is 13.1 Å². The first-order chi connectivity index (χ1) is 13.0. The zero-order chi connectivity index (χ0) is 19.0. The second-order valence-electron chi connectivity index (χ2n) is 8.10. The third-order valence-electron chi connectivity index (χ3n) is 5.97. The largest absolute Gasteiger partial charge is 0.389 e. The highest BCUT2D eigenvalue weighted by Gasteiger charge is 2.21. The molecule has 0 amide bonds. The summed E-state index contributed by atoms with van der Waals surface area (Å²) < 4.78 is 2.37. The highest BCUT2D eigenvalue weighted by Crippen LogP contribution is 2.33. The van der Waals surface area contributed by atoms with Gasteiger partial charge in [0.05, 0.1) is 12.6 Å². The van der Waals surface area contributed by atoms with Gasteiger partial charge >= 0.3 is 0 Å². The highest BCUT2D eigenvalue weighted by molar-refractivity contribution is 5.86. The van der Waals surface area contributed by atoms with Crippen molar-refractivity contribution in [2.24, 2.45) is 0 Å². The topological polar surface area (TPSA) is 37.2 Å². The molecule has 3 nitrogen and oxygen atoms in total. The van der Waals surface area contributed by atoms with Crippen molar-refractivity contribution in [2.45, 2.75) is 59.1 Å². The van der Waals surface area contributed by atoms with Crippen molar-refractivity contribution in [3.63, 3.8) is 0 Å². The molecule has 1 heterocycles. The summed E-state index contributed by atoms with van der Waals surface area (Å²) in [5, 5.41) is 15.5. The van der Waals surface area contributed by atoms with Crippen LogP contribution >= 0.6 is 0 Å². The number of anilines is 1. The van der Waals surface area contributed by atoms with Gasteiger partial charge in [-0.3, -0.25) is 0 Å². The Hall–Kier alpha value is -2.26. The summed E-state index contributed by atoms with van der Waals surface area (Å²) in [5.74, 6) is 0. The molecule has 2 aromatic carbocycles. The van der Waals surface area contributed by atoms with Crippen LogP contribution in [-0.2, 0) is 19.4 Å². The maximum Gasteiger partial charge on any atom is 0.0891 e. The van der Waals surface area contributed by atoms with E-state index in [2.05, 4.69) is 67.1 Å². The number of rotatable bonds is 5. The lowest BCUT2D eigenvalue weighted by Crippen LogP contribution is -2.26. The van der Waals surface area contributed by atoms with Gasteiger partial charge in [0.1, 0.15) is 0 Å². The fourth-order valence-corrected chi connectivity index (χ4v) is 4.32. The van der Waals surface area contributed by atoms with E-state index in [4.69, 9.17) is 0 Å². The minimum atomic E-state index is -0.422. The molecule has 3 aromatic rings. The molecular formula is C24H30N2O. The van der Waals surface area contributed by atoms with Crippen LogP contribution in [0.4, 0.5) is 5.69 Å². The minimum absolute atomic E-state index is 0.422. The van der Waals surface area contributed by atoms with Crippen molar-refractivity contribution in [1.29, 1.82) is 0 Å². The van der Waals surface area contributed by atoms with E-state index in [0.717, 1.165) is 12.1 Å². The molecule has 27 heavy (non-hydrogen) atoms. The zero-order valence-electron chi connectivity index (χ0n) is 16.7. The molecule has 1 aliphatic rings. The third-order valence-corrected chi connectivity index (χ3v) is 5.97. The second kappa shape index (κ2) is 7.40. The van der Waals surface area contributed by atoms with Crippen molar-refractivity contribution in [2.75, 3.05) is 11.9 Å². The van der Waals surface area contributed by atoms with E-state index in [9.17, 15) is 5.11 Å². The van der Waals surface area contributed by atoms with Crippen molar-refractivity contribution >= 4 is 16.6 Å². The Labute approximate surface area is 162 Å². The summed E-state index contributed by atoms with van der Waals surface area (Å²) >= 11 is 0. The fraction of sp³-hybridized carbons (Fsp3) is 0.417. The van der Waals surface area contributed by atoms with Gasteiger partial charge in [-0.2, -0.15) is 0 Å². The fourth-order valence-electron chi connectivity index (χ4n) is 4.32. The van der Waals surface area contributed by atoms with Gasteiger partial charge in [0.15, 0.2) is 0 Å². The van der Waals surface area contributed by atoms with Gasteiger partial charge in [0.25, 0.3) is 0 Å². The average Bonchev–Trinajstić information content (AvgIpc) is 2.96. The summed E-state index contributed by atoms with van der Waals surface area (Å²) in [4.78, 5) is 0. The maximum atomic E-state index is 10.7. The molecule has 0 unspecified atom stereocenters. The van der Waals surface area contributed by atoms with Crippen LogP contribution in [0.2, 0.25) is 0 Å². The third kappa shape index (κ3) is 3.61. The molecule has 4 rings (SSSR count). The van der Waals surface area contributed by atoms with Crippen LogP contribution in [0.1, 0.15) is 40.8 Å².